The second kappa shape index (κ2) is 5.61. The predicted molar refractivity (Wildman–Crippen MR) is 83.7 cm³/mol. The van der Waals surface area contributed by atoms with Gasteiger partial charge in [0.05, 0.1) is 15.8 Å². The first-order valence-corrected chi connectivity index (χ1v) is 7.61. The maximum atomic E-state index is 12.5. The van der Waals surface area contributed by atoms with Crippen molar-refractivity contribution in [2.24, 2.45) is 0 Å². The summed E-state index contributed by atoms with van der Waals surface area (Å²) in [7, 11) is 0. The van der Waals surface area contributed by atoms with Crippen molar-refractivity contribution in [3.8, 4) is 0 Å². The molecule has 0 amide bonds. The van der Waals surface area contributed by atoms with E-state index in [-0.39, 0.29) is 0 Å². The van der Waals surface area contributed by atoms with E-state index in [1.807, 2.05) is 12.1 Å². The number of nitrogens with one attached hydrogen (secondary N) is 1. The van der Waals surface area contributed by atoms with Crippen LogP contribution in [0.2, 0.25) is 0 Å². The number of hydrogen-bond donors (Lipinski definition) is 1. The van der Waals surface area contributed by atoms with Crippen LogP contribution in [-0.2, 0) is 12.6 Å². The van der Waals surface area contributed by atoms with Gasteiger partial charge < -0.3 is 5.32 Å². The summed E-state index contributed by atoms with van der Waals surface area (Å²) in [5.41, 5.74) is 2.05. The molecular weight excluding hydrogens is 309 g/mol. The van der Waals surface area contributed by atoms with Crippen LogP contribution in [0.3, 0.4) is 0 Å². The highest BCUT2D eigenvalue weighted by molar-refractivity contribution is 7.22. The molecule has 2 aromatic carbocycles. The molecule has 0 atom stereocenters. The Morgan fingerprint density at radius 3 is 2.45 bits per heavy atom. The highest BCUT2D eigenvalue weighted by Crippen LogP contribution is 2.32. The van der Waals surface area contributed by atoms with Gasteiger partial charge in [0.15, 0.2) is 5.13 Å². The third kappa shape index (κ3) is 3.06. The lowest BCUT2D eigenvalue weighted by Gasteiger charge is -2.07. The third-order valence-electron chi connectivity index (χ3n) is 3.32. The molecular formula is C16H13F3N2S. The number of alkyl halides is 3. The van der Waals surface area contributed by atoms with Gasteiger partial charge in [-0.15, -0.1) is 0 Å². The van der Waals surface area contributed by atoms with Crippen molar-refractivity contribution in [3.05, 3.63) is 53.6 Å². The fraction of sp³-hybridized carbons (Fsp3) is 0.188. The summed E-state index contributed by atoms with van der Waals surface area (Å²) in [4.78, 5) is 4.44. The Morgan fingerprint density at radius 2 is 1.82 bits per heavy atom. The smallest absolute Gasteiger partial charge is 0.332 e. The van der Waals surface area contributed by atoms with Crippen molar-refractivity contribution < 1.29 is 13.2 Å². The summed E-state index contributed by atoms with van der Waals surface area (Å²) < 4.78 is 38.6. The number of aryl methyl sites for hydroxylation is 1. The number of benzene rings is 2. The van der Waals surface area contributed by atoms with Gasteiger partial charge in [0.2, 0.25) is 0 Å². The van der Waals surface area contributed by atoms with Gasteiger partial charge in [-0.05, 0) is 48.4 Å². The maximum absolute atomic E-state index is 12.5. The van der Waals surface area contributed by atoms with Gasteiger partial charge in [-0.3, -0.25) is 0 Å². The molecule has 3 rings (SSSR count). The topological polar surface area (TPSA) is 24.9 Å². The lowest BCUT2D eigenvalue weighted by Crippen LogP contribution is -2.04. The van der Waals surface area contributed by atoms with Crippen LogP contribution < -0.4 is 5.32 Å². The monoisotopic (exact) mass is 322 g/mol. The van der Waals surface area contributed by atoms with Crippen molar-refractivity contribution >= 4 is 32.4 Å². The molecule has 0 saturated carbocycles. The van der Waals surface area contributed by atoms with Crippen LogP contribution in [0.4, 0.5) is 24.0 Å². The second-order valence-corrected chi connectivity index (χ2v) is 5.91. The van der Waals surface area contributed by atoms with Crippen molar-refractivity contribution in [1.29, 1.82) is 0 Å². The van der Waals surface area contributed by atoms with Gasteiger partial charge in [0.1, 0.15) is 0 Å². The molecule has 1 aromatic heterocycles. The van der Waals surface area contributed by atoms with Gasteiger partial charge in [-0.2, -0.15) is 13.2 Å². The number of rotatable bonds is 3. The summed E-state index contributed by atoms with van der Waals surface area (Å²) >= 11 is 1.49. The van der Waals surface area contributed by atoms with Crippen molar-refractivity contribution in [2.75, 3.05) is 5.32 Å². The minimum Gasteiger partial charge on any atom is -0.332 e. The molecule has 3 aromatic rings. The van der Waals surface area contributed by atoms with E-state index in [4.69, 9.17) is 0 Å². The Labute approximate surface area is 129 Å². The average Bonchev–Trinajstić information content (AvgIpc) is 2.88. The Kier molecular flexibility index (Phi) is 3.78. The first kappa shape index (κ1) is 14.8. The number of thiazole rings is 1. The zero-order chi connectivity index (χ0) is 15.7. The third-order valence-corrected chi connectivity index (χ3v) is 4.26. The van der Waals surface area contributed by atoms with E-state index in [1.54, 1.807) is 0 Å². The van der Waals surface area contributed by atoms with E-state index >= 15 is 0 Å². The van der Waals surface area contributed by atoms with E-state index in [1.165, 1.54) is 29.0 Å². The molecule has 6 heteroatoms. The van der Waals surface area contributed by atoms with E-state index in [2.05, 4.69) is 23.3 Å². The molecule has 0 aliphatic rings. The highest BCUT2D eigenvalue weighted by atomic mass is 32.1. The number of fused-ring (bicyclic) bond motifs is 1. The van der Waals surface area contributed by atoms with Gasteiger partial charge in [0, 0.05) is 5.69 Å². The molecule has 0 unspecified atom stereocenters. The molecule has 2 nitrogen and oxygen atoms in total. The fourth-order valence-electron chi connectivity index (χ4n) is 2.11. The lowest BCUT2D eigenvalue weighted by atomic mass is 10.2. The largest absolute Gasteiger partial charge is 0.416 e. The molecule has 0 spiro atoms. The van der Waals surface area contributed by atoms with Gasteiger partial charge >= 0.3 is 6.18 Å². The van der Waals surface area contributed by atoms with E-state index in [9.17, 15) is 13.2 Å². The maximum Gasteiger partial charge on any atom is 0.416 e. The Balaban J connectivity index is 1.83. The summed E-state index contributed by atoms with van der Waals surface area (Å²) in [6, 6.07) is 11.0. The van der Waals surface area contributed by atoms with Crippen LogP contribution in [0.25, 0.3) is 10.2 Å². The van der Waals surface area contributed by atoms with Crippen molar-refractivity contribution in [1.82, 2.24) is 4.98 Å². The average molecular weight is 322 g/mol. The van der Waals surface area contributed by atoms with Crippen LogP contribution in [0.5, 0.6) is 0 Å². The molecule has 22 heavy (non-hydrogen) atoms. The number of anilines is 2. The van der Waals surface area contributed by atoms with E-state index in [0.717, 1.165) is 28.8 Å². The van der Waals surface area contributed by atoms with E-state index < -0.39 is 11.7 Å². The quantitative estimate of drug-likeness (QED) is 0.677. The SMILES string of the molecule is CCc1ccc2nc(Nc3ccc(C(F)(F)F)cc3)sc2c1. The van der Waals surface area contributed by atoms with Gasteiger partial charge in [-0.25, -0.2) is 4.98 Å². The summed E-state index contributed by atoms with van der Waals surface area (Å²) in [6.07, 6.45) is -3.36. The molecule has 0 fully saturated rings. The minimum absolute atomic E-state index is 0.586. The van der Waals surface area contributed by atoms with Crippen LogP contribution in [0, 0.1) is 0 Å². The lowest BCUT2D eigenvalue weighted by molar-refractivity contribution is -0.137. The van der Waals surface area contributed by atoms with Crippen LogP contribution >= 0.6 is 11.3 Å². The molecule has 114 valence electrons. The fourth-order valence-corrected chi connectivity index (χ4v) is 3.06. The minimum atomic E-state index is -4.31. The molecule has 0 bridgehead atoms. The summed E-state index contributed by atoms with van der Waals surface area (Å²) in [5.74, 6) is 0. The zero-order valence-corrected chi connectivity index (χ0v) is 12.6. The molecule has 0 radical (unpaired) electrons. The second-order valence-electron chi connectivity index (χ2n) is 4.87. The van der Waals surface area contributed by atoms with Crippen LogP contribution in [0.15, 0.2) is 42.5 Å². The Hall–Kier alpha value is -2.08. The molecule has 1 N–H and O–H groups in total. The first-order chi connectivity index (χ1) is 10.5. The standard InChI is InChI=1S/C16H13F3N2S/c1-2-10-3-8-13-14(9-10)22-15(21-13)20-12-6-4-11(5-7-12)16(17,18)19/h3-9H,2H2,1H3,(H,20,21). The zero-order valence-electron chi connectivity index (χ0n) is 11.7. The van der Waals surface area contributed by atoms with Crippen molar-refractivity contribution in [2.45, 2.75) is 19.5 Å². The normalized spacial score (nSPS) is 11.8. The van der Waals surface area contributed by atoms with Gasteiger partial charge in [-0.1, -0.05) is 24.3 Å². The highest BCUT2D eigenvalue weighted by Gasteiger charge is 2.29. The molecule has 1 heterocycles. The summed E-state index contributed by atoms with van der Waals surface area (Å²) in [5, 5.41) is 3.72. The van der Waals surface area contributed by atoms with Gasteiger partial charge in [0.25, 0.3) is 0 Å². The van der Waals surface area contributed by atoms with Crippen LogP contribution in [-0.4, -0.2) is 4.98 Å². The Morgan fingerprint density at radius 1 is 1.09 bits per heavy atom. The molecule has 0 aliphatic heterocycles. The Bertz CT molecular complexity index is 791. The number of halogens is 3. The predicted octanol–water partition coefficient (Wildman–Crippen LogP) is 5.62. The number of nitrogens with zero attached hydrogens (tertiary/aromatic N) is 1. The number of hydrogen-bond acceptors (Lipinski definition) is 3. The molecule has 0 aliphatic carbocycles. The van der Waals surface area contributed by atoms with Crippen LogP contribution in [0.1, 0.15) is 18.1 Å². The number of aromatic nitrogens is 1. The van der Waals surface area contributed by atoms with E-state index in [0.29, 0.717) is 10.8 Å². The summed E-state index contributed by atoms with van der Waals surface area (Å²) in [6.45, 7) is 2.09. The first-order valence-electron chi connectivity index (χ1n) is 6.79. The van der Waals surface area contributed by atoms with Crippen molar-refractivity contribution in [3.63, 3.8) is 0 Å². The molecule has 0 saturated heterocycles.